The van der Waals surface area contributed by atoms with Crippen molar-refractivity contribution in [2.45, 2.75) is 12.5 Å². The second kappa shape index (κ2) is 8.22. The number of carbonyl (C=O) groups excluding carboxylic acids is 1. The van der Waals surface area contributed by atoms with Crippen molar-refractivity contribution in [2.75, 3.05) is 0 Å². The van der Waals surface area contributed by atoms with Crippen molar-refractivity contribution in [3.63, 3.8) is 0 Å². The van der Waals surface area contributed by atoms with Crippen molar-refractivity contribution in [1.29, 1.82) is 5.26 Å². The van der Waals surface area contributed by atoms with Crippen molar-refractivity contribution in [3.05, 3.63) is 87.6 Å². The Morgan fingerprint density at radius 2 is 1.97 bits per heavy atom. The van der Waals surface area contributed by atoms with Crippen LogP contribution in [0.5, 0.6) is 0 Å². The summed E-state index contributed by atoms with van der Waals surface area (Å²) in [5.74, 6) is -2.55. The summed E-state index contributed by atoms with van der Waals surface area (Å²) < 4.78 is 14.8. The molecule has 1 amide bonds. The van der Waals surface area contributed by atoms with E-state index in [9.17, 15) is 18.8 Å². The Morgan fingerprint density at radius 3 is 2.66 bits per heavy atom. The van der Waals surface area contributed by atoms with E-state index in [1.807, 2.05) is 6.07 Å². The lowest BCUT2D eigenvalue weighted by Crippen LogP contribution is -2.30. The van der Waals surface area contributed by atoms with Crippen LogP contribution in [0.25, 0.3) is 5.69 Å². The van der Waals surface area contributed by atoms with Crippen LogP contribution in [0.3, 0.4) is 0 Å². The van der Waals surface area contributed by atoms with Crippen molar-refractivity contribution in [1.82, 2.24) is 15.1 Å². The Bertz CT molecular complexity index is 1180. The highest BCUT2D eigenvalue weighted by atomic mass is 19.1. The summed E-state index contributed by atoms with van der Waals surface area (Å²) in [5.41, 5.74) is -0.131. The van der Waals surface area contributed by atoms with Crippen molar-refractivity contribution >= 4 is 11.9 Å². The van der Waals surface area contributed by atoms with Gasteiger partial charge in [0.25, 0.3) is 11.5 Å². The van der Waals surface area contributed by atoms with E-state index in [0.29, 0.717) is 11.1 Å². The van der Waals surface area contributed by atoms with E-state index in [4.69, 9.17) is 10.4 Å². The smallest absolute Gasteiger partial charge is 0.305 e. The third-order valence-corrected chi connectivity index (χ3v) is 4.16. The monoisotopic (exact) mass is 394 g/mol. The van der Waals surface area contributed by atoms with E-state index >= 15 is 0 Å². The summed E-state index contributed by atoms with van der Waals surface area (Å²) in [6.07, 6.45) is -0.432. The van der Waals surface area contributed by atoms with Crippen molar-refractivity contribution in [2.24, 2.45) is 0 Å². The standard InChI is InChI=1S/C20H15FN4O4/c21-14-6-1-2-7-17(14)25-18(26)9-16(24-25)20(29)23-15(10-19(27)28)13-5-3-4-12(8-13)11-22/h1-9,15,24H,10H2,(H,23,29)(H,27,28)/t15-/m0/s1. The molecule has 0 fully saturated rings. The molecule has 146 valence electrons. The second-order valence-corrected chi connectivity index (χ2v) is 6.16. The van der Waals surface area contributed by atoms with Crippen LogP contribution >= 0.6 is 0 Å². The predicted octanol–water partition coefficient (Wildman–Crippen LogP) is 2.12. The molecular formula is C20H15FN4O4. The van der Waals surface area contributed by atoms with E-state index in [-0.39, 0.29) is 11.4 Å². The minimum Gasteiger partial charge on any atom is -0.481 e. The molecule has 0 unspecified atom stereocenters. The molecule has 0 aliphatic heterocycles. The van der Waals surface area contributed by atoms with Gasteiger partial charge in [-0.2, -0.15) is 5.26 Å². The third kappa shape index (κ3) is 4.39. The molecular weight excluding hydrogens is 379 g/mol. The number of hydrogen-bond donors (Lipinski definition) is 3. The van der Waals surface area contributed by atoms with Gasteiger partial charge in [-0.1, -0.05) is 24.3 Å². The van der Waals surface area contributed by atoms with Crippen LogP contribution in [0.15, 0.2) is 59.4 Å². The number of carboxylic acid groups (broad SMARTS) is 1. The van der Waals surface area contributed by atoms with Crippen LogP contribution in [0, 0.1) is 17.1 Å². The van der Waals surface area contributed by atoms with Gasteiger partial charge < -0.3 is 10.4 Å². The van der Waals surface area contributed by atoms with Gasteiger partial charge in [0.05, 0.1) is 24.1 Å². The number of aromatic amines is 1. The minimum absolute atomic E-state index is 0.0552. The molecule has 8 nitrogen and oxygen atoms in total. The van der Waals surface area contributed by atoms with E-state index in [1.165, 1.54) is 30.3 Å². The number of nitriles is 1. The van der Waals surface area contributed by atoms with Crippen LogP contribution in [0.1, 0.15) is 34.1 Å². The fraction of sp³-hybridized carbons (Fsp3) is 0.100. The maximum Gasteiger partial charge on any atom is 0.305 e. The number of carbonyl (C=O) groups is 2. The molecule has 0 spiro atoms. The summed E-state index contributed by atoms with van der Waals surface area (Å²) in [6, 6.07) is 13.7. The van der Waals surface area contributed by atoms with Crippen LogP contribution in [-0.4, -0.2) is 26.8 Å². The summed E-state index contributed by atoms with van der Waals surface area (Å²) in [6.45, 7) is 0. The number of aromatic nitrogens is 2. The SMILES string of the molecule is N#Cc1cccc([C@H](CC(=O)O)NC(=O)c2cc(=O)n(-c3ccccc3F)[nH]2)c1. The van der Waals surface area contributed by atoms with Gasteiger partial charge in [0, 0.05) is 6.07 Å². The fourth-order valence-electron chi connectivity index (χ4n) is 2.81. The molecule has 0 saturated heterocycles. The molecule has 9 heteroatoms. The second-order valence-electron chi connectivity index (χ2n) is 6.16. The molecule has 3 rings (SSSR count). The number of benzene rings is 2. The van der Waals surface area contributed by atoms with Gasteiger partial charge in [-0.3, -0.25) is 19.5 Å². The molecule has 3 N–H and O–H groups in total. The molecule has 1 heterocycles. The lowest BCUT2D eigenvalue weighted by molar-refractivity contribution is -0.137. The Kier molecular flexibility index (Phi) is 5.55. The normalized spacial score (nSPS) is 11.4. The Balaban J connectivity index is 1.90. The van der Waals surface area contributed by atoms with Gasteiger partial charge in [-0.05, 0) is 29.8 Å². The zero-order valence-electron chi connectivity index (χ0n) is 14.9. The lowest BCUT2D eigenvalue weighted by atomic mass is 10.0. The number of hydrogen-bond acceptors (Lipinski definition) is 4. The van der Waals surface area contributed by atoms with Crippen LogP contribution < -0.4 is 10.9 Å². The number of H-pyrrole nitrogens is 1. The third-order valence-electron chi connectivity index (χ3n) is 4.16. The van der Waals surface area contributed by atoms with E-state index < -0.39 is 35.7 Å². The fourth-order valence-corrected chi connectivity index (χ4v) is 2.81. The van der Waals surface area contributed by atoms with Crippen molar-refractivity contribution < 1.29 is 19.1 Å². The first-order chi connectivity index (χ1) is 13.9. The highest BCUT2D eigenvalue weighted by molar-refractivity contribution is 5.92. The maximum absolute atomic E-state index is 13.9. The average molecular weight is 394 g/mol. The highest BCUT2D eigenvalue weighted by Crippen LogP contribution is 2.19. The van der Waals surface area contributed by atoms with Crippen LogP contribution in [0.2, 0.25) is 0 Å². The van der Waals surface area contributed by atoms with Crippen molar-refractivity contribution in [3.8, 4) is 11.8 Å². The summed E-state index contributed by atoms with van der Waals surface area (Å²) in [4.78, 5) is 36.0. The first-order valence-corrected chi connectivity index (χ1v) is 8.48. The van der Waals surface area contributed by atoms with Gasteiger partial charge in [-0.15, -0.1) is 0 Å². The zero-order valence-corrected chi connectivity index (χ0v) is 14.9. The molecule has 1 aromatic heterocycles. The quantitative estimate of drug-likeness (QED) is 0.590. The molecule has 2 aromatic carbocycles. The number of amides is 1. The van der Waals surface area contributed by atoms with Crippen LogP contribution in [0.4, 0.5) is 4.39 Å². The molecule has 3 aromatic rings. The van der Waals surface area contributed by atoms with E-state index in [2.05, 4.69) is 10.4 Å². The number of nitrogens with one attached hydrogen (secondary N) is 2. The van der Waals surface area contributed by atoms with E-state index in [0.717, 1.165) is 10.7 Å². The number of carboxylic acids is 1. The Labute approximate surface area is 163 Å². The van der Waals surface area contributed by atoms with Gasteiger partial charge >= 0.3 is 5.97 Å². The highest BCUT2D eigenvalue weighted by Gasteiger charge is 2.21. The van der Waals surface area contributed by atoms with Gasteiger partial charge in [0.15, 0.2) is 0 Å². The lowest BCUT2D eigenvalue weighted by Gasteiger charge is -2.17. The topological polar surface area (TPSA) is 128 Å². The molecule has 0 saturated carbocycles. The predicted molar refractivity (Wildman–Crippen MR) is 100.0 cm³/mol. The molecule has 0 radical (unpaired) electrons. The number of nitrogens with zero attached hydrogens (tertiary/aromatic N) is 2. The first kappa shape index (κ1) is 19.6. The Morgan fingerprint density at radius 1 is 1.21 bits per heavy atom. The summed E-state index contributed by atoms with van der Waals surface area (Å²) in [5, 5.41) is 23.2. The zero-order chi connectivity index (χ0) is 21.0. The van der Waals surface area contributed by atoms with Gasteiger partial charge in [-0.25, -0.2) is 9.07 Å². The first-order valence-electron chi connectivity index (χ1n) is 8.48. The van der Waals surface area contributed by atoms with E-state index in [1.54, 1.807) is 18.2 Å². The molecule has 1 atom stereocenters. The average Bonchev–Trinajstić information content (AvgIpc) is 3.09. The minimum atomic E-state index is -1.16. The number of rotatable bonds is 6. The van der Waals surface area contributed by atoms with Crippen LogP contribution in [-0.2, 0) is 4.79 Å². The summed E-state index contributed by atoms with van der Waals surface area (Å²) in [7, 11) is 0. The number of halogens is 1. The largest absolute Gasteiger partial charge is 0.481 e. The molecule has 0 aliphatic carbocycles. The van der Waals surface area contributed by atoms with Gasteiger partial charge in [0.2, 0.25) is 0 Å². The molecule has 0 bridgehead atoms. The maximum atomic E-state index is 13.9. The van der Waals surface area contributed by atoms with Gasteiger partial charge in [0.1, 0.15) is 17.2 Å². The summed E-state index contributed by atoms with van der Waals surface area (Å²) >= 11 is 0. The molecule has 29 heavy (non-hydrogen) atoms. The number of para-hydroxylation sites is 1. The Hall–Kier alpha value is -4.19. The molecule has 0 aliphatic rings. The number of aliphatic carboxylic acids is 1.